The van der Waals surface area contributed by atoms with Crippen molar-refractivity contribution >= 4 is 43.2 Å². The Balaban J connectivity index is 2.51. The maximum Gasteiger partial charge on any atom is 0.263 e. The second-order valence-electron chi connectivity index (χ2n) is 3.96. The summed E-state index contributed by atoms with van der Waals surface area (Å²) >= 11 is 8.92. The molecule has 4 nitrogen and oxygen atoms in total. The number of halogens is 3. The first-order valence-electron chi connectivity index (χ1n) is 5.51. The first-order chi connectivity index (χ1) is 9.85. The van der Waals surface area contributed by atoms with Gasteiger partial charge in [-0.05, 0) is 46.3 Å². The number of hydrogen-bond donors (Lipinski definition) is 1. The standard InChI is InChI=1S/C13H7BrClFN2O2S/c14-9-2-1-3-11(16)13(9)18-21(19,20)12-6-8(7-17)4-5-10(12)15/h1-6,18H. The molecule has 2 rings (SSSR count). The summed E-state index contributed by atoms with van der Waals surface area (Å²) in [5.74, 6) is -0.736. The number of benzene rings is 2. The second-order valence-corrected chi connectivity index (χ2v) is 6.87. The van der Waals surface area contributed by atoms with E-state index in [4.69, 9.17) is 16.9 Å². The summed E-state index contributed by atoms with van der Waals surface area (Å²) in [5.41, 5.74) is -0.0942. The highest BCUT2D eigenvalue weighted by Crippen LogP contribution is 2.30. The minimum atomic E-state index is -4.12. The van der Waals surface area contributed by atoms with Gasteiger partial charge in [0.1, 0.15) is 10.7 Å². The van der Waals surface area contributed by atoms with Crippen LogP contribution in [0.1, 0.15) is 5.56 Å². The molecule has 0 unspecified atom stereocenters. The summed E-state index contributed by atoms with van der Waals surface area (Å²) in [6.45, 7) is 0. The normalized spacial score (nSPS) is 11.0. The van der Waals surface area contributed by atoms with Crippen molar-refractivity contribution < 1.29 is 12.8 Å². The molecule has 0 aromatic heterocycles. The maximum absolute atomic E-state index is 13.7. The van der Waals surface area contributed by atoms with Gasteiger partial charge in [-0.3, -0.25) is 4.72 Å². The summed E-state index contributed by atoms with van der Waals surface area (Å²) < 4.78 is 40.7. The minimum absolute atomic E-state index is 0.0611. The van der Waals surface area contributed by atoms with Gasteiger partial charge < -0.3 is 0 Å². The smallest absolute Gasteiger partial charge is 0.263 e. The van der Waals surface area contributed by atoms with E-state index in [-0.39, 0.29) is 25.6 Å². The Bertz CT molecular complexity index is 829. The third kappa shape index (κ3) is 3.35. The molecule has 2 aromatic carbocycles. The summed E-state index contributed by atoms with van der Waals surface area (Å²) in [5, 5.41) is 8.76. The molecule has 0 heterocycles. The molecule has 0 saturated heterocycles. The minimum Gasteiger partial charge on any atom is -0.275 e. The van der Waals surface area contributed by atoms with Gasteiger partial charge in [0.25, 0.3) is 10.0 Å². The molecular weight excluding hydrogens is 383 g/mol. The van der Waals surface area contributed by atoms with E-state index >= 15 is 0 Å². The molecule has 0 spiro atoms. The van der Waals surface area contributed by atoms with Crippen LogP contribution in [0, 0.1) is 17.1 Å². The van der Waals surface area contributed by atoms with Crippen molar-refractivity contribution in [1.82, 2.24) is 0 Å². The van der Waals surface area contributed by atoms with E-state index in [9.17, 15) is 12.8 Å². The predicted molar refractivity (Wildman–Crippen MR) is 81.1 cm³/mol. The summed E-state index contributed by atoms with van der Waals surface area (Å²) in [7, 11) is -4.12. The molecule has 0 atom stereocenters. The van der Waals surface area contributed by atoms with Crippen molar-refractivity contribution in [3.05, 3.63) is 57.3 Å². The van der Waals surface area contributed by atoms with Gasteiger partial charge in [0.05, 0.1) is 22.3 Å². The number of nitriles is 1. The first-order valence-corrected chi connectivity index (χ1v) is 8.17. The van der Waals surface area contributed by atoms with Crippen molar-refractivity contribution in [2.24, 2.45) is 0 Å². The van der Waals surface area contributed by atoms with Gasteiger partial charge in [-0.2, -0.15) is 5.26 Å². The molecule has 0 amide bonds. The molecule has 0 bridgehead atoms. The van der Waals surface area contributed by atoms with Crippen LogP contribution in [0.4, 0.5) is 10.1 Å². The summed E-state index contributed by atoms with van der Waals surface area (Å²) in [4.78, 5) is -0.293. The lowest BCUT2D eigenvalue weighted by Crippen LogP contribution is -2.15. The van der Waals surface area contributed by atoms with Crippen LogP contribution in [0.15, 0.2) is 45.8 Å². The SMILES string of the molecule is N#Cc1ccc(Cl)c(S(=O)(=O)Nc2c(F)cccc2Br)c1. The van der Waals surface area contributed by atoms with Gasteiger partial charge in [0.15, 0.2) is 0 Å². The van der Waals surface area contributed by atoms with Crippen LogP contribution in [-0.4, -0.2) is 8.42 Å². The van der Waals surface area contributed by atoms with E-state index in [2.05, 4.69) is 20.7 Å². The zero-order chi connectivity index (χ0) is 15.6. The van der Waals surface area contributed by atoms with E-state index in [1.807, 2.05) is 6.07 Å². The number of anilines is 1. The lowest BCUT2D eigenvalue weighted by Gasteiger charge is -2.11. The molecule has 0 fully saturated rings. The Morgan fingerprint density at radius 3 is 2.62 bits per heavy atom. The molecule has 0 radical (unpaired) electrons. The topological polar surface area (TPSA) is 70.0 Å². The van der Waals surface area contributed by atoms with Gasteiger partial charge in [-0.25, -0.2) is 12.8 Å². The zero-order valence-electron chi connectivity index (χ0n) is 10.3. The van der Waals surface area contributed by atoms with Crippen LogP contribution < -0.4 is 4.72 Å². The molecular formula is C13H7BrClFN2O2S. The monoisotopic (exact) mass is 388 g/mol. The van der Waals surface area contributed by atoms with Gasteiger partial charge in [0.2, 0.25) is 0 Å². The molecule has 0 aliphatic rings. The van der Waals surface area contributed by atoms with Crippen LogP contribution in [0.25, 0.3) is 0 Å². The van der Waals surface area contributed by atoms with Crippen molar-refractivity contribution in [2.75, 3.05) is 4.72 Å². The van der Waals surface area contributed by atoms with E-state index in [1.54, 1.807) is 0 Å². The van der Waals surface area contributed by atoms with Crippen LogP contribution in [-0.2, 0) is 10.0 Å². The van der Waals surface area contributed by atoms with Crippen molar-refractivity contribution in [3.8, 4) is 6.07 Å². The summed E-state index contributed by atoms with van der Waals surface area (Å²) in [6.07, 6.45) is 0. The molecule has 1 N–H and O–H groups in total. The van der Waals surface area contributed by atoms with E-state index < -0.39 is 15.8 Å². The first kappa shape index (κ1) is 15.8. The highest BCUT2D eigenvalue weighted by atomic mass is 79.9. The lowest BCUT2D eigenvalue weighted by atomic mass is 10.2. The van der Waals surface area contributed by atoms with Crippen molar-refractivity contribution in [3.63, 3.8) is 0 Å². The molecule has 108 valence electrons. The number of sulfonamides is 1. The van der Waals surface area contributed by atoms with E-state index in [0.29, 0.717) is 0 Å². The Morgan fingerprint density at radius 2 is 2.00 bits per heavy atom. The Morgan fingerprint density at radius 1 is 1.29 bits per heavy atom. The summed E-state index contributed by atoms with van der Waals surface area (Å²) in [6, 6.07) is 9.68. The fourth-order valence-corrected chi connectivity index (χ4v) is 3.75. The number of nitrogens with one attached hydrogen (secondary N) is 1. The quantitative estimate of drug-likeness (QED) is 0.865. The molecule has 0 aliphatic heterocycles. The van der Waals surface area contributed by atoms with Gasteiger partial charge in [-0.1, -0.05) is 17.7 Å². The lowest BCUT2D eigenvalue weighted by molar-refractivity contribution is 0.598. The highest BCUT2D eigenvalue weighted by Gasteiger charge is 2.21. The number of nitrogens with zero attached hydrogens (tertiary/aromatic N) is 1. The average Bonchev–Trinajstić information content (AvgIpc) is 2.43. The van der Waals surface area contributed by atoms with E-state index in [0.717, 1.165) is 12.1 Å². The third-order valence-corrected chi connectivity index (χ3v) is 5.04. The van der Waals surface area contributed by atoms with Crippen LogP contribution in [0.2, 0.25) is 5.02 Å². The van der Waals surface area contributed by atoms with Gasteiger partial charge in [-0.15, -0.1) is 0 Å². The highest BCUT2D eigenvalue weighted by molar-refractivity contribution is 9.10. The number of para-hydroxylation sites is 1. The van der Waals surface area contributed by atoms with Crippen molar-refractivity contribution in [1.29, 1.82) is 5.26 Å². The fourth-order valence-electron chi connectivity index (χ4n) is 1.56. The van der Waals surface area contributed by atoms with Gasteiger partial charge >= 0.3 is 0 Å². The Kier molecular flexibility index (Phi) is 4.52. The largest absolute Gasteiger partial charge is 0.275 e. The van der Waals surface area contributed by atoms with Crippen molar-refractivity contribution in [2.45, 2.75) is 4.90 Å². The molecule has 8 heteroatoms. The van der Waals surface area contributed by atoms with Crippen LogP contribution in [0.3, 0.4) is 0 Å². The zero-order valence-corrected chi connectivity index (χ0v) is 13.4. The third-order valence-electron chi connectivity index (χ3n) is 2.55. The number of hydrogen-bond acceptors (Lipinski definition) is 3. The number of rotatable bonds is 3. The molecule has 0 aliphatic carbocycles. The average molecular weight is 390 g/mol. The maximum atomic E-state index is 13.7. The molecule has 21 heavy (non-hydrogen) atoms. The fraction of sp³-hybridized carbons (Fsp3) is 0. The predicted octanol–water partition coefficient (Wildman–Crippen LogP) is 3.91. The molecule has 2 aromatic rings. The van der Waals surface area contributed by atoms with Crippen LogP contribution in [0.5, 0.6) is 0 Å². The Labute approximate surface area is 134 Å². The second kappa shape index (κ2) is 6.02. The molecule has 0 saturated carbocycles. The van der Waals surface area contributed by atoms with E-state index in [1.165, 1.54) is 24.3 Å². The van der Waals surface area contributed by atoms with Crippen LogP contribution >= 0.6 is 27.5 Å². The Hall–Kier alpha value is -1.62. The van der Waals surface area contributed by atoms with Gasteiger partial charge in [0, 0.05) is 4.47 Å².